The molecule has 1 aromatic heterocycles. The van der Waals surface area contributed by atoms with Gasteiger partial charge in [0.15, 0.2) is 0 Å². The number of aromatic amines is 1. The molecule has 0 fully saturated rings. The summed E-state index contributed by atoms with van der Waals surface area (Å²) in [5.74, 6) is 0.268. The third-order valence-corrected chi connectivity index (χ3v) is 2.99. The highest BCUT2D eigenvalue weighted by atomic mass is 16.1. The van der Waals surface area contributed by atoms with Gasteiger partial charge < -0.3 is 16.5 Å². The lowest BCUT2D eigenvalue weighted by Crippen LogP contribution is -2.10. The lowest BCUT2D eigenvalue weighted by atomic mass is 10.1. The zero-order valence-corrected chi connectivity index (χ0v) is 10.1. The fourth-order valence-corrected chi connectivity index (χ4v) is 1.98. The third-order valence-electron chi connectivity index (χ3n) is 2.99. The summed E-state index contributed by atoms with van der Waals surface area (Å²) in [6.07, 6.45) is 0. The molecule has 5 heteroatoms. The molecule has 0 aliphatic carbocycles. The van der Waals surface area contributed by atoms with Crippen LogP contribution < -0.4 is 11.5 Å². The first-order valence-corrected chi connectivity index (χ1v) is 5.79. The predicted octanol–water partition coefficient (Wildman–Crippen LogP) is 1.91. The summed E-state index contributed by atoms with van der Waals surface area (Å²) < 4.78 is 0. The monoisotopic (exact) mass is 252 g/mol. The fourth-order valence-electron chi connectivity index (χ4n) is 1.98. The highest BCUT2D eigenvalue weighted by molar-refractivity contribution is 5.93. The van der Waals surface area contributed by atoms with E-state index in [2.05, 4.69) is 9.97 Å². The molecule has 0 atom stereocenters. The molecule has 3 rings (SSSR count). The molecular weight excluding hydrogens is 240 g/mol. The largest absolute Gasteiger partial charge is 0.397 e. The molecule has 0 bridgehead atoms. The van der Waals surface area contributed by atoms with Crippen LogP contribution in [0.3, 0.4) is 0 Å². The Balaban J connectivity index is 2.09. The second kappa shape index (κ2) is 4.13. The number of carbonyl (C=O) groups is 1. The summed E-state index contributed by atoms with van der Waals surface area (Å²) >= 11 is 0. The maximum Gasteiger partial charge on any atom is 0.248 e. The number of nitrogens with two attached hydrogens (primary N) is 2. The van der Waals surface area contributed by atoms with Crippen LogP contribution in [-0.4, -0.2) is 15.9 Å². The van der Waals surface area contributed by atoms with Gasteiger partial charge in [0.05, 0.1) is 11.2 Å². The van der Waals surface area contributed by atoms with Crippen LogP contribution in [0.15, 0.2) is 42.5 Å². The minimum atomic E-state index is -0.444. The molecule has 0 saturated heterocycles. The maximum absolute atomic E-state index is 11.0. The number of aromatic nitrogens is 2. The number of primary amides is 1. The Bertz CT molecular complexity index is 759. The molecule has 0 spiro atoms. The Kier molecular flexibility index (Phi) is 2.45. The maximum atomic E-state index is 11.0. The van der Waals surface area contributed by atoms with Crippen LogP contribution >= 0.6 is 0 Å². The highest BCUT2D eigenvalue weighted by Gasteiger charge is 2.08. The summed E-state index contributed by atoms with van der Waals surface area (Å²) in [4.78, 5) is 18.7. The van der Waals surface area contributed by atoms with E-state index in [-0.39, 0.29) is 0 Å². The van der Waals surface area contributed by atoms with Crippen LogP contribution in [0.1, 0.15) is 10.4 Å². The van der Waals surface area contributed by atoms with E-state index < -0.39 is 5.91 Å². The number of imidazole rings is 1. The molecule has 94 valence electrons. The molecule has 3 aromatic rings. The minimum absolute atomic E-state index is 0.444. The van der Waals surface area contributed by atoms with Crippen molar-refractivity contribution < 1.29 is 4.79 Å². The lowest BCUT2D eigenvalue weighted by molar-refractivity contribution is 0.100. The van der Waals surface area contributed by atoms with Gasteiger partial charge in [-0.2, -0.15) is 0 Å². The highest BCUT2D eigenvalue weighted by Crippen LogP contribution is 2.24. The van der Waals surface area contributed by atoms with Gasteiger partial charge in [-0.25, -0.2) is 4.98 Å². The van der Waals surface area contributed by atoms with Crippen molar-refractivity contribution in [3.05, 3.63) is 48.0 Å². The van der Waals surface area contributed by atoms with Crippen molar-refractivity contribution in [2.24, 2.45) is 5.73 Å². The molecule has 0 unspecified atom stereocenters. The van der Waals surface area contributed by atoms with E-state index in [0.29, 0.717) is 17.1 Å². The number of hydrogen-bond donors (Lipinski definition) is 3. The van der Waals surface area contributed by atoms with Crippen molar-refractivity contribution in [1.82, 2.24) is 9.97 Å². The average molecular weight is 252 g/mol. The van der Waals surface area contributed by atoms with Gasteiger partial charge in [-0.3, -0.25) is 4.79 Å². The van der Waals surface area contributed by atoms with E-state index in [0.717, 1.165) is 16.6 Å². The van der Waals surface area contributed by atoms with E-state index in [4.69, 9.17) is 11.5 Å². The van der Waals surface area contributed by atoms with Gasteiger partial charge in [0.25, 0.3) is 0 Å². The Morgan fingerprint density at radius 3 is 2.47 bits per heavy atom. The van der Waals surface area contributed by atoms with E-state index in [1.807, 2.05) is 18.2 Å². The van der Waals surface area contributed by atoms with Gasteiger partial charge in [-0.15, -0.1) is 0 Å². The first-order chi connectivity index (χ1) is 9.15. The average Bonchev–Trinajstić information content (AvgIpc) is 2.84. The van der Waals surface area contributed by atoms with Crippen molar-refractivity contribution in [1.29, 1.82) is 0 Å². The summed E-state index contributed by atoms with van der Waals surface area (Å²) in [5.41, 5.74) is 14.7. The lowest BCUT2D eigenvalue weighted by Gasteiger charge is -1.98. The van der Waals surface area contributed by atoms with Gasteiger partial charge in [-0.1, -0.05) is 18.2 Å². The van der Waals surface area contributed by atoms with Crippen LogP contribution in [0.25, 0.3) is 22.4 Å². The van der Waals surface area contributed by atoms with Gasteiger partial charge in [0.2, 0.25) is 5.91 Å². The number of para-hydroxylation sites is 1. The molecule has 1 heterocycles. The number of amides is 1. The summed E-state index contributed by atoms with van der Waals surface area (Å²) in [6.45, 7) is 0. The van der Waals surface area contributed by atoms with Crippen molar-refractivity contribution in [2.75, 3.05) is 5.73 Å². The fraction of sp³-hybridized carbons (Fsp3) is 0. The van der Waals surface area contributed by atoms with Gasteiger partial charge in [0.1, 0.15) is 11.3 Å². The molecule has 2 aromatic carbocycles. The van der Waals surface area contributed by atoms with Gasteiger partial charge >= 0.3 is 0 Å². The summed E-state index contributed by atoms with van der Waals surface area (Å²) in [7, 11) is 0. The number of H-pyrrole nitrogens is 1. The number of nitrogens with one attached hydrogen (secondary N) is 1. The summed E-state index contributed by atoms with van der Waals surface area (Å²) in [6, 6.07) is 12.5. The first-order valence-electron chi connectivity index (χ1n) is 5.79. The molecular formula is C14H12N4O. The smallest absolute Gasteiger partial charge is 0.248 e. The standard InChI is InChI=1S/C14H12N4O/c15-10-2-1-3-11-12(10)18-14(17-11)9-6-4-8(5-7-9)13(16)19/h1-7H,15H2,(H2,16,19)(H,17,18). The number of nitrogen functional groups attached to an aromatic ring is 1. The van der Waals surface area contributed by atoms with Crippen LogP contribution in [0.4, 0.5) is 5.69 Å². The third kappa shape index (κ3) is 1.91. The minimum Gasteiger partial charge on any atom is -0.397 e. The molecule has 0 aliphatic heterocycles. The van der Waals surface area contributed by atoms with Crippen molar-refractivity contribution in [3.8, 4) is 11.4 Å². The Morgan fingerprint density at radius 2 is 1.84 bits per heavy atom. The van der Waals surface area contributed by atoms with Gasteiger partial charge in [-0.05, 0) is 24.3 Å². The molecule has 5 nitrogen and oxygen atoms in total. The van der Waals surface area contributed by atoms with Gasteiger partial charge in [0, 0.05) is 11.1 Å². The number of carbonyl (C=O) groups excluding carboxylic acids is 1. The van der Waals surface area contributed by atoms with Crippen molar-refractivity contribution in [3.63, 3.8) is 0 Å². The Hall–Kier alpha value is -2.82. The van der Waals surface area contributed by atoms with Crippen molar-refractivity contribution >= 4 is 22.6 Å². The quantitative estimate of drug-likeness (QED) is 0.607. The second-order valence-corrected chi connectivity index (χ2v) is 4.27. The molecule has 0 saturated carbocycles. The topological polar surface area (TPSA) is 97.8 Å². The van der Waals surface area contributed by atoms with E-state index >= 15 is 0 Å². The van der Waals surface area contributed by atoms with Crippen LogP contribution in [0.5, 0.6) is 0 Å². The predicted molar refractivity (Wildman–Crippen MR) is 74.5 cm³/mol. The van der Waals surface area contributed by atoms with E-state index in [1.54, 1.807) is 24.3 Å². The molecule has 0 aliphatic rings. The van der Waals surface area contributed by atoms with Crippen LogP contribution in [0, 0.1) is 0 Å². The van der Waals surface area contributed by atoms with Crippen molar-refractivity contribution in [2.45, 2.75) is 0 Å². The van der Waals surface area contributed by atoms with E-state index in [9.17, 15) is 4.79 Å². The number of fused-ring (bicyclic) bond motifs is 1. The SMILES string of the molecule is NC(=O)c1ccc(-c2nc3c(N)cccc3[nH]2)cc1. The Morgan fingerprint density at radius 1 is 1.11 bits per heavy atom. The van der Waals surface area contributed by atoms with E-state index in [1.165, 1.54) is 0 Å². The Labute approximate surface area is 109 Å². The second-order valence-electron chi connectivity index (χ2n) is 4.27. The van der Waals surface area contributed by atoms with Crippen LogP contribution in [-0.2, 0) is 0 Å². The number of hydrogen-bond acceptors (Lipinski definition) is 3. The van der Waals surface area contributed by atoms with Crippen LogP contribution in [0.2, 0.25) is 0 Å². The molecule has 5 N–H and O–H groups in total. The zero-order valence-electron chi connectivity index (χ0n) is 10.1. The number of anilines is 1. The summed E-state index contributed by atoms with van der Waals surface area (Å²) in [5, 5.41) is 0. The zero-order chi connectivity index (χ0) is 13.4. The first kappa shape index (κ1) is 11.3. The molecule has 1 amide bonds. The normalized spacial score (nSPS) is 10.7. The molecule has 19 heavy (non-hydrogen) atoms. The number of rotatable bonds is 2. The molecule has 0 radical (unpaired) electrons. The number of nitrogens with zero attached hydrogens (tertiary/aromatic N) is 1. The number of benzene rings is 2.